The first kappa shape index (κ1) is 11.3. The van der Waals surface area contributed by atoms with Crippen LogP contribution >= 0.6 is 12.6 Å². The molecule has 1 heterocycles. The highest BCUT2D eigenvalue weighted by molar-refractivity contribution is 7.80. The van der Waals surface area contributed by atoms with Crippen molar-refractivity contribution in [2.45, 2.75) is 43.9 Å². The lowest BCUT2D eigenvalue weighted by atomic mass is 10.1. The van der Waals surface area contributed by atoms with Gasteiger partial charge in [-0.2, -0.15) is 12.6 Å². The van der Waals surface area contributed by atoms with Crippen molar-refractivity contribution >= 4 is 12.6 Å². The molecule has 13 heavy (non-hydrogen) atoms. The Labute approximate surface area is 85.9 Å². The summed E-state index contributed by atoms with van der Waals surface area (Å²) in [5.41, 5.74) is 0. The van der Waals surface area contributed by atoms with Crippen LogP contribution in [0.1, 0.15) is 32.6 Å². The van der Waals surface area contributed by atoms with E-state index in [0.717, 1.165) is 6.42 Å². The van der Waals surface area contributed by atoms with Crippen LogP contribution in [0.3, 0.4) is 0 Å². The van der Waals surface area contributed by atoms with E-state index in [1.165, 1.54) is 19.3 Å². The smallest absolute Gasteiger partial charge is 0.131 e. The lowest BCUT2D eigenvalue weighted by molar-refractivity contribution is -0.835. The van der Waals surface area contributed by atoms with Crippen molar-refractivity contribution < 1.29 is 5.06 Å². The molecule has 0 aliphatic carbocycles. The summed E-state index contributed by atoms with van der Waals surface area (Å²) in [6, 6.07) is 0.395. The van der Waals surface area contributed by atoms with E-state index in [4.69, 9.17) is 0 Å². The van der Waals surface area contributed by atoms with E-state index in [1.54, 1.807) is 0 Å². The predicted octanol–water partition coefficient (Wildman–Crippen LogP) is 0.177. The predicted molar refractivity (Wildman–Crippen MR) is 57.9 cm³/mol. The minimum atomic E-state index is 0.348. The molecule has 3 nitrogen and oxygen atoms in total. The number of hydrogen-bond donors (Lipinski definition) is 3. The molecule has 1 aliphatic heterocycles. The first-order chi connectivity index (χ1) is 6.22. The second-order valence-corrected chi connectivity index (χ2v) is 4.58. The van der Waals surface area contributed by atoms with Gasteiger partial charge in [-0.15, -0.1) is 0 Å². The second kappa shape index (κ2) is 5.86. The molecule has 0 aromatic carbocycles. The Morgan fingerprint density at radius 2 is 2.46 bits per heavy atom. The molecule has 1 rings (SSSR count). The van der Waals surface area contributed by atoms with Crippen LogP contribution in [0, 0.1) is 5.21 Å². The SMILES string of the molecule is CCCCC(S)CC1C[NH+]([O-])CN1. The summed E-state index contributed by atoms with van der Waals surface area (Å²) in [6.07, 6.45) is 4.68. The third-order valence-electron chi connectivity index (χ3n) is 2.51. The van der Waals surface area contributed by atoms with Crippen molar-refractivity contribution in [3.8, 4) is 0 Å². The van der Waals surface area contributed by atoms with Crippen molar-refractivity contribution in [2.24, 2.45) is 0 Å². The molecule has 78 valence electrons. The summed E-state index contributed by atoms with van der Waals surface area (Å²) >= 11 is 4.52. The molecule has 0 aromatic rings. The summed E-state index contributed by atoms with van der Waals surface area (Å²) < 4.78 is 0. The maximum absolute atomic E-state index is 11.0. The van der Waals surface area contributed by atoms with Crippen molar-refractivity contribution in [1.29, 1.82) is 0 Å². The average Bonchev–Trinajstić information content (AvgIpc) is 2.48. The molecule has 0 saturated carbocycles. The molecular formula is C9H20N2OS. The number of unbranched alkanes of at least 4 members (excludes halogenated alkanes) is 1. The van der Waals surface area contributed by atoms with E-state index in [0.29, 0.717) is 29.6 Å². The van der Waals surface area contributed by atoms with Gasteiger partial charge in [-0.3, -0.25) is 5.32 Å². The Kier molecular flexibility index (Phi) is 5.09. The topological polar surface area (TPSA) is 39.5 Å². The molecule has 0 bridgehead atoms. The number of hydrogen-bond acceptors (Lipinski definition) is 3. The van der Waals surface area contributed by atoms with Crippen LogP contribution in [0.4, 0.5) is 0 Å². The van der Waals surface area contributed by atoms with E-state index >= 15 is 0 Å². The van der Waals surface area contributed by atoms with Gasteiger partial charge in [0.1, 0.15) is 6.67 Å². The van der Waals surface area contributed by atoms with Gasteiger partial charge in [0, 0.05) is 5.25 Å². The Morgan fingerprint density at radius 1 is 1.69 bits per heavy atom. The van der Waals surface area contributed by atoms with Crippen LogP contribution in [-0.4, -0.2) is 24.5 Å². The second-order valence-electron chi connectivity index (χ2n) is 3.85. The van der Waals surface area contributed by atoms with Crippen LogP contribution in [0.2, 0.25) is 0 Å². The number of rotatable bonds is 5. The van der Waals surface area contributed by atoms with Gasteiger partial charge in [-0.05, 0) is 12.8 Å². The first-order valence-corrected chi connectivity index (χ1v) is 5.67. The summed E-state index contributed by atoms with van der Waals surface area (Å²) in [5, 5.41) is 15.0. The van der Waals surface area contributed by atoms with Gasteiger partial charge in [0.15, 0.2) is 0 Å². The zero-order chi connectivity index (χ0) is 9.68. The molecule has 2 N–H and O–H groups in total. The maximum Gasteiger partial charge on any atom is 0.131 e. The van der Waals surface area contributed by atoms with E-state index < -0.39 is 0 Å². The van der Waals surface area contributed by atoms with Crippen LogP contribution in [0.25, 0.3) is 0 Å². The van der Waals surface area contributed by atoms with Crippen LogP contribution in [-0.2, 0) is 0 Å². The van der Waals surface area contributed by atoms with Gasteiger partial charge in [0.25, 0.3) is 0 Å². The molecule has 4 heteroatoms. The number of thiol groups is 1. The quantitative estimate of drug-likeness (QED) is 0.441. The molecule has 0 aromatic heterocycles. The Morgan fingerprint density at radius 3 is 3.00 bits per heavy atom. The largest absolute Gasteiger partial charge is 0.633 e. The van der Waals surface area contributed by atoms with Crippen LogP contribution < -0.4 is 10.4 Å². The molecule has 0 spiro atoms. The van der Waals surface area contributed by atoms with Gasteiger partial charge in [0.2, 0.25) is 0 Å². The molecule has 3 atom stereocenters. The lowest BCUT2D eigenvalue weighted by Gasteiger charge is -2.15. The zero-order valence-electron chi connectivity index (χ0n) is 8.25. The average molecular weight is 204 g/mol. The molecule has 0 radical (unpaired) electrons. The molecule has 1 fully saturated rings. The highest BCUT2D eigenvalue weighted by Gasteiger charge is 2.21. The first-order valence-electron chi connectivity index (χ1n) is 5.15. The lowest BCUT2D eigenvalue weighted by Crippen LogP contribution is -3.05. The fraction of sp³-hybridized carbons (Fsp3) is 1.00. The van der Waals surface area contributed by atoms with Crippen molar-refractivity contribution in [1.82, 2.24) is 5.32 Å². The minimum absolute atomic E-state index is 0.348. The van der Waals surface area contributed by atoms with E-state index in [1.807, 2.05) is 0 Å². The minimum Gasteiger partial charge on any atom is -0.633 e. The number of quaternary nitrogens is 1. The number of hydroxylamine groups is 2. The standard InChI is InChI=1S/C9H20N2OS/c1-2-3-4-9(13)5-8-6-11(12)7-10-8/h8-11,13H,2-7H2,1H3. The third kappa shape index (κ3) is 4.31. The van der Waals surface area contributed by atoms with Gasteiger partial charge >= 0.3 is 0 Å². The summed E-state index contributed by atoms with van der Waals surface area (Å²) in [7, 11) is 0. The number of nitrogens with one attached hydrogen (secondary N) is 2. The Bertz CT molecular complexity index is 146. The monoisotopic (exact) mass is 204 g/mol. The van der Waals surface area contributed by atoms with Gasteiger partial charge < -0.3 is 10.3 Å². The molecule has 1 saturated heterocycles. The fourth-order valence-corrected chi connectivity index (χ4v) is 2.17. The summed E-state index contributed by atoms with van der Waals surface area (Å²) in [4.78, 5) is 0. The highest BCUT2D eigenvalue weighted by Crippen LogP contribution is 2.13. The Hall–Kier alpha value is 0.230. The third-order valence-corrected chi connectivity index (χ3v) is 2.98. The van der Waals surface area contributed by atoms with Crippen molar-refractivity contribution in [2.75, 3.05) is 13.2 Å². The van der Waals surface area contributed by atoms with Crippen LogP contribution in [0.5, 0.6) is 0 Å². The van der Waals surface area contributed by atoms with Crippen molar-refractivity contribution in [3.05, 3.63) is 5.21 Å². The van der Waals surface area contributed by atoms with Gasteiger partial charge in [-0.25, -0.2) is 0 Å². The van der Waals surface area contributed by atoms with E-state index in [-0.39, 0.29) is 0 Å². The maximum atomic E-state index is 11.0. The van der Waals surface area contributed by atoms with E-state index in [9.17, 15) is 5.21 Å². The zero-order valence-corrected chi connectivity index (χ0v) is 9.15. The normalized spacial score (nSPS) is 30.7. The highest BCUT2D eigenvalue weighted by atomic mass is 32.1. The van der Waals surface area contributed by atoms with Crippen LogP contribution in [0.15, 0.2) is 0 Å². The molecule has 1 aliphatic rings. The molecule has 0 amide bonds. The van der Waals surface area contributed by atoms with Crippen molar-refractivity contribution in [3.63, 3.8) is 0 Å². The summed E-state index contributed by atoms with van der Waals surface area (Å²) in [6.45, 7) is 3.47. The fourth-order valence-electron chi connectivity index (χ4n) is 1.73. The van der Waals surface area contributed by atoms with E-state index in [2.05, 4.69) is 24.9 Å². The molecular weight excluding hydrogens is 184 g/mol. The Balaban J connectivity index is 2.09. The van der Waals surface area contributed by atoms with Gasteiger partial charge in [-0.1, -0.05) is 19.8 Å². The summed E-state index contributed by atoms with van der Waals surface area (Å²) in [5.74, 6) is 0. The van der Waals surface area contributed by atoms with Gasteiger partial charge in [0.05, 0.1) is 12.6 Å². The molecule has 3 unspecified atom stereocenters.